The Morgan fingerprint density at radius 3 is 2.59 bits per heavy atom. The highest BCUT2D eigenvalue weighted by Gasteiger charge is 2.26. The summed E-state index contributed by atoms with van der Waals surface area (Å²) in [6, 6.07) is 16.7. The Labute approximate surface area is 131 Å². The van der Waals surface area contributed by atoms with E-state index >= 15 is 0 Å². The summed E-state index contributed by atoms with van der Waals surface area (Å²) in [5.74, 6) is 1.35. The second-order valence-corrected chi connectivity index (χ2v) is 5.62. The highest BCUT2D eigenvalue weighted by molar-refractivity contribution is 5.79. The van der Waals surface area contributed by atoms with Crippen LogP contribution in [-0.2, 0) is 0 Å². The van der Waals surface area contributed by atoms with Crippen molar-refractivity contribution in [3.63, 3.8) is 0 Å². The highest BCUT2D eigenvalue weighted by atomic mass is 16.5. The summed E-state index contributed by atoms with van der Waals surface area (Å²) in [5, 5.41) is 3.27. The monoisotopic (exact) mass is 295 g/mol. The van der Waals surface area contributed by atoms with Gasteiger partial charge in [0.2, 0.25) is 0 Å². The van der Waals surface area contributed by atoms with Gasteiger partial charge in [-0.15, -0.1) is 0 Å². The van der Waals surface area contributed by atoms with Crippen LogP contribution in [0.15, 0.2) is 53.5 Å². The van der Waals surface area contributed by atoms with Crippen LogP contribution in [0.5, 0.6) is 5.75 Å². The number of guanidine groups is 1. The van der Waals surface area contributed by atoms with Gasteiger partial charge in [-0.1, -0.05) is 48.0 Å². The second kappa shape index (κ2) is 6.10. The number of ether oxygens (including phenoxy) is 1. The van der Waals surface area contributed by atoms with Gasteiger partial charge in [0.05, 0.1) is 19.2 Å². The molecule has 1 heterocycles. The summed E-state index contributed by atoms with van der Waals surface area (Å²) >= 11 is 0. The molecule has 2 unspecified atom stereocenters. The van der Waals surface area contributed by atoms with E-state index in [2.05, 4.69) is 47.6 Å². The number of aryl methyl sites for hydroxylation is 1. The van der Waals surface area contributed by atoms with E-state index < -0.39 is 0 Å². The van der Waals surface area contributed by atoms with E-state index in [-0.39, 0.29) is 12.1 Å². The normalized spacial score (nSPS) is 20.9. The summed E-state index contributed by atoms with van der Waals surface area (Å²) in [5.41, 5.74) is 9.56. The first-order valence-electron chi connectivity index (χ1n) is 7.46. The fourth-order valence-electron chi connectivity index (χ4n) is 2.88. The number of nitrogens with one attached hydrogen (secondary N) is 1. The predicted octanol–water partition coefficient (Wildman–Crippen LogP) is 3.09. The summed E-state index contributed by atoms with van der Waals surface area (Å²) in [6.45, 7) is 2.08. The molecule has 2 aromatic rings. The molecule has 4 heteroatoms. The van der Waals surface area contributed by atoms with Crippen LogP contribution in [0, 0.1) is 6.92 Å². The molecule has 0 amide bonds. The largest absolute Gasteiger partial charge is 0.496 e. The summed E-state index contributed by atoms with van der Waals surface area (Å²) in [4.78, 5) is 4.56. The van der Waals surface area contributed by atoms with Gasteiger partial charge < -0.3 is 15.8 Å². The van der Waals surface area contributed by atoms with Gasteiger partial charge in [0, 0.05) is 5.56 Å². The SMILES string of the molecule is COc1ccccc1C1CC(c2ccc(C)cc2)N=C(N)N1. The number of benzene rings is 2. The van der Waals surface area contributed by atoms with E-state index in [1.807, 2.05) is 18.2 Å². The van der Waals surface area contributed by atoms with Crippen LogP contribution in [0.2, 0.25) is 0 Å². The molecule has 3 rings (SSSR count). The number of hydrogen-bond acceptors (Lipinski definition) is 4. The maximum absolute atomic E-state index is 6.01. The molecule has 0 saturated carbocycles. The van der Waals surface area contributed by atoms with Crippen molar-refractivity contribution in [2.24, 2.45) is 10.7 Å². The molecule has 114 valence electrons. The molecule has 2 atom stereocenters. The van der Waals surface area contributed by atoms with E-state index in [1.165, 1.54) is 11.1 Å². The maximum atomic E-state index is 6.01. The van der Waals surface area contributed by atoms with Crippen molar-refractivity contribution in [2.45, 2.75) is 25.4 Å². The van der Waals surface area contributed by atoms with Crippen LogP contribution in [0.3, 0.4) is 0 Å². The minimum Gasteiger partial charge on any atom is -0.496 e. The van der Waals surface area contributed by atoms with Gasteiger partial charge in [-0.05, 0) is 25.0 Å². The molecular formula is C18H21N3O. The number of methoxy groups -OCH3 is 1. The minimum absolute atomic E-state index is 0.0664. The topological polar surface area (TPSA) is 59.6 Å². The van der Waals surface area contributed by atoms with Gasteiger partial charge in [-0.3, -0.25) is 0 Å². The molecule has 2 aromatic carbocycles. The Morgan fingerprint density at radius 2 is 1.86 bits per heavy atom. The third kappa shape index (κ3) is 2.91. The molecule has 3 N–H and O–H groups in total. The standard InChI is InChI=1S/C18H21N3O/c1-12-7-9-13(10-8-12)15-11-16(21-18(19)20-15)14-5-3-4-6-17(14)22-2/h3-10,15-16H,11H2,1-2H3,(H3,19,20,21). The third-order valence-corrected chi connectivity index (χ3v) is 4.05. The molecule has 0 aliphatic carbocycles. The maximum Gasteiger partial charge on any atom is 0.189 e. The van der Waals surface area contributed by atoms with Gasteiger partial charge in [-0.25, -0.2) is 4.99 Å². The molecule has 0 bridgehead atoms. The van der Waals surface area contributed by atoms with Gasteiger partial charge in [-0.2, -0.15) is 0 Å². The zero-order valence-electron chi connectivity index (χ0n) is 12.9. The molecule has 0 spiro atoms. The van der Waals surface area contributed by atoms with Crippen LogP contribution in [0.4, 0.5) is 0 Å². The quantitative estimate of drug-likeness (QED) is 0.914. The second-order valence-electron chi connectivity index (χ2n) is 5.62. The zero-order valence-corrected chi connectivity index (χ0v) is 12.9. The molecule has 0 saturated heterocycles. The predicted molar refractivity (Wildman–Crippen MR) is 89.0 cm³/mol. The van der Waals surface area contributed by atoms with E-state index in [9.17, 15) is 0 Å². The fraction of sp³-hybridized carbons (Fsp3) is 0.278. The van der Waals surface area contributed by atoms with Crippen LogP contribution >= 0.6 is 0 Å². The molecule has 0 radical (unpaired) electrons. The Kier molecular flexibility index (Phi) is 4.00. The number of hydrogen-bond donors (Lipinski definition) is 2. The van der Waals surface area contributed by atoms with Crippen LogP contribution in [0.1, 0.15) is 35.2 Å². The van der Waals surface area contributed by atoms with Gasteiger partial charge >= 0.3 is 0 Å². The highest BCUT2D eigenvalue weighted by Crippen LogP contribution is 2.35. The van der Waals surface area contributed by atoms with Gasteiger partial charge in [0.15, 0.2) is 5.96 Å². The average molecular weight is 295 g/mol. The van der Waals surface area contributed by atoms with Crippen LogP contribution < -0.4 is 15.8 Å². The van der Waals surface area contributed by atoms with Gasteiger partial charge in [0.1, 0.15) is 5.75 Å². The lowest BCUT2D eigenvalue weighted by molar-refractivity contribution is 0.394. The first-order valence-corrected chi connectivity index (χ1v) is 7.46. The third-order valence-electron chi connectivity index (χ3n) is 4.05. The number of nitrogens with zero attached hydrogens (tertiary/aromatic N) is 1. The Balaban J connectivity index is 1.90. The van der Waals surface area contributed by atoms with Crippen molar-refractivity contribution < 1.29 is 4.74 Å². The Hall–Kier alpha value is -2.49. The van der Waals surface area contributed by atoms with Crippen LogP contribution in [0.25, 0.3) is 0 Å². The number of aliphatic imine (C=N–C) groups is 1. The van der Waals surface area contributed by atoms with Gasteiger partial charge in [0.25, 0.3) is 0 Å². The lowest BCUT2D eigenvalue weighted by Crippen LogP contribution is -2.39. The molecular weight excluding hydrogens is 274 g/mol. The smallest absolute Gasteiger partial charge is 0.189 e. The molecule has 4 nitrogen and oxygen atoms in total. The van der Waals surface area contributed by atoms with Crippen molar-refractivity contribution in [1.82, 2.24) is 5.32 Å². The summed E-state index contributed by atoms with van der Waals surface area (Å²) in [7, 11) is 1.69. The number of nitrogens with two attached hydrogens (primary N) is 1. The van der Waals surface area contributed by atoms with Crippen molar-refractivity contribution in [2.75, 3.05) is 7.11 Å². The first-order chi connectivity index (χ1) is 10.7. The minimum atomic E-state index is 0.0664. The molecule has 0 aromatic heterocycles. The van der Waals surface area contributed by atoms with Crippen molar-refractivity contribution >= 4 is 5.96 Å². The van der Waals surface area contributed by atoms with Crippen LogP contribution in [-0.4, -0.2) is 13.1 Å². The van der Waals surface area contributed by atoms with Crippen molar-refractivity contribution in [3.8, 4) is 5.75 Å². The fourth-order valence-corrected chi connectivity index (χ4v) is 2.88. The average Bonchev–Trinajstić information content (AvgIpc) is 2.55. The molecule has 1 aliphatic heterocycles. The van der Waals surface area contributed by atoms with E-state index in [1.54, 1.807) is 7.11 Å². The summed E-state index contributed by atoms with van der Waals surface area (Å²) < 4.78 is 5.47. The molecule has 22 heavy (non-hydrogen) atoms. The zero-order chi connectivity index (χ0) is 15.5. The van der Waals surface area contributed by atoms with E-state index in [0.29, 0.717) is 5.96 Å². The van der Waals surface area contributed by atoms with Crippen molar-refractivity contribution in [3.05, 3.63) is 65.2 Å². The molecule has 0 fully saturated rings. The number of rotatable bonds is 3. The Morgan fingerprint density at radius 1 is 1.14 bits per heavy atom. The number of para-hydroxylation sites is 1. The Bertz CT molecular complexity index is 679. The lowest BCUT2D eigenvalue weighted by Gasteiger charge is -2.29. The first kappa shape index (κ1) is 14.4. The summed E-state index contributed by atoms with van der Waals surface area (Å²) in [6.07, 6.45) is 0.851. The van der Waals surface area contributed by atoms with Crippen molar-refractivity contribution in [1.29, 1.82) is 0 Å². The van der Waals surface area contributed by atoms with E-state index in [4.69, 9.17) is 10.5 Å². The lowest BCUT2D eigenvalue weighted by atomic mass is 9.93. The van der Waals surface area contributed by atoms with E-state index in [0.717, 1.165) is 17.7 Å². The molecule has 1 aliphatic rings.